The molecule has 0 aliphatic carbocycles. The smallest absolute Gasteiger partial charge is 0.146 e. The van der Waals surface area contributed by atoms with Crippen LogP contribution >= 0.6 is 0 Å². The number of aromatic nitrogens is 2. The average molecular weight is 192 g/mol. The topological polar surface area (TPSA) is 63.8 Å². The van der Waals surface area contributed by atoms with Crippen molar-refractivity contribution < 1.29 is 0 Å². The van der Waals surface area contributed by atoms with E-state index in [1.54, 1.807) is 0 Å². The summed E-state index contributed by atoms with van der Waals surface area (Å²) in [6.45, 7) is 4.22. The predicted octanol–water partition coefficient (Wildman–Crippen LogP) is 0.834. The molecular weight excluding hydrogens is 176 g/mol. The first kappa shape index (κ1) is 9.40. The standard InChI is InChI=1S/C10H16N4/c1-7-6-9(11)13-14-10(7)8-2-4-12-5-3-8/h6,8,12H,2-5H2,1H3,(H2,11,13). The number of nitrogen functional groups attached to an aromatic ring is 1. The van der Waals surface area contributed by atoms with E-state index in [1.807, 2.05) is 6.07 Å². The summed E-state index contributed by atoms with van der Waals surface area (Å²) in [5.74, 6) is 1.07. The van der Waals surface area contributed by atoms with Gasteiger partial charge in [-0.05, 0) is 44.5 Å². The van der Waals surface area contributed by atoms with Gasteiger partial charge < -0.3 is 11.1 Å². The lowest BCUT2D eigenvalue weighted by Gasteiger charge is -2.22. The molecule has 1 aliphatic rings. The van der Waals surface area contributed by atoms with Gasteiger partial charge in [-0.25, -0.2) is 0 Å². The predicted molar refractivity (Wildman–Crippen MR) is 56.0 cm³/mol. The van der Waals surface area contributed by atoms with Crippen LogP contribution in [0.3, 0.4) is 0 Å². The summed E-state index contributed by atoms with van der Waals surface area (Å²) < 4.78 is 0. The van der Waals surface area contributed by atoms with Crippen molar-refractivity contribution in [2.75, 3.05) is 18.8 Å². The number of piperidine rings is 1. The van der Waals surface area contributed by atoms with Crippen LogP contribution in [0.15, 0.2) is 6.07 Å². The number of nitrogens with zero attached hydrogens (tertiary/aromatic N) is 2. The third kappa shape index (κ3) is 1.85. The van der Waals surface area contributed by atoms with Gasteiger partial charge in [-0.2, -0.15) is 5.10 Å². The van der Waals surface area contributed by atoms with Crippen LogP contribution in [-0.4, -0.2) is 23.3 Å². The molecule has 1 aromatic rings. The molecule has 76 valence electrons. The van der Waals surface area contributed by atoms with E-state index >= 15 is 0 Å². The number of nitrogens with two attached hydrogens (primary N) is 1. The van der Waals surface area contributed by atoms with Gasteiger partial charge in [-0.1, -0.05) is 0 Å². The summed E-state index contributed by atoms with van der Waals surface area (Å²) in [4.78, 5) is 0. The minimum absolute atomic E-state index is 0.514. The maximum Gasteiger partial charge on any atom is 0.146 e. The molecule has 1 aliphatic heterocycles. The van der Waals surface area contributed by atoms with Crippen molar-refractivity contribution >= 4 is 5.82 Å². The van der Waals surface area contributed by atoms with E-state index in [0.717, 1.165) is 31.6 Å². The molecule has 0 saturated carbocycles. The second kappa shape index (κ2) is 3.92. The fourth-order valence-corrected chi connectivity index (χ4v) is 2.01. The van der Waals surface area contributed by atoms with Crippen LogP contribution in [-0.2, 0) is 0 Å². The van der Waals surface area contributed by atoms with E-state index in [1.165, 1.54) is 5.56 Å². The minimum Gasteiger partial charge on any atom is -0.382 e. The summed E-state index contributed by atoms with van der Waals surface area (Å²) >= 11 is 0. The summed E-state index contributed by atoms with van der Waals surface area (Å²) in [6.07, 6.45) is 2.30. The first-order valence-electron chi connectivity index (χ1n) is 5.08. The van der Waals surface area contributed by atoms with Crippen molar-refractivity contribution in [1.29, 1.82) is 0 Å². The highest BCUT2D eigenvalue weighted by molar-refractivity contribution is 5.33. The van der Waals surface area contributed by atoms with Gasteiger partial charge in [0, 0.05) is 5.92 Å². The molecule has 1 saturated heterocycles. The first-order chi connectivity index (χ1) is 6.77. The van der Waals surface area contributed by atoms with Gasteiger partial charge >= 0.3 is 0 Å². The fourth-order valence-electron chi connectivity index (χ4n) is 2.01. The van der Waals surface area contributed by atoms with Gasteiger partial charge in [0.25, 0.3) is 0 Å². The van der Waals surface area contributed by atoms with Crippen molar-refractivity contribution in [3.8, 4) is 0 Å². The molecule has 0 radical (unpaired) electrons. The van der Waals surface area contributed by atoms with Crippen molar-refractivity contribution in [3.63, 3.8) is 0 Å². The monoisotopic (exact) mass is 192 g/mol. The van der Waals surface area contributed by atoms with Gasteiger partial charge in [0.2, 0.25) is 0 Å². The molecular formula is C10H16N4. The quantitative estimate of drug-likeness (QED) is 0.692. The Morgan fingerprint density at radius 1 is 1.36 bits per heavy atom. The molecule has 0 amide bonds. The molecule has 0 atom stereocenters. The molecule has 1 aromatic heterocycles. The molecule has 14 heavy (non-hydrogen) atoms. The molecule has 3 N–H and O–H groups in total. The van der Waals surface area contributed by atoms with Crippen molar-refractivity contribution in [3.05, 3.63) is 17.3 Å². The Kier molecular flexibility index (Phi) is 2.63. The molecule has 1 fully saturated rings. The van der Waals surface area contributed by atoms with Gasteiger partial charge in [0.15, 0.2) is 0 Å². The molecule has 4 nitrogen and oxygen atoms in total. The molecule has 0 bridgehead atoms. The Balaban J connectivity index is 2.22. The van der Waals surface area contributed by atoms with E-state index < -0.39 is 0 Å². The van der Waals surface area contributed by atoms with Crippen LogP contribution in [0, 0.1) is 6.92 Å². The van der Waals surface area contributed by atoms with Crippen LogP contribution in [0.25, 0.3) is 0 Å². The van der Waals surface area contributed by atoms with Gasteiger partial charge in [-0.15, -0.1) is 5.10 Å². The number of aryl methyl sites for hydroxylation is 1. The number of hydrogen-bond donors (Lipinski definition) is 2. The third-order valence-electron chi connectivity index (χ3n) is 2.77. The lowest BCUT2D eigenvalue weighted by molar-refractivity contribution is 0.449. The van der Waals surface area contributed by atoms with Crippen LogP contribution < -0.4 is 11.1 Å². The second-order valence-corrected chi connectivity index (χ2v) is 3.86. The normalized spacial score (nSPS) is 18.4. The molecule has 0 spiro atoms. The molecule has 0 aromatic carbocycles. The van der Waals surface area contributed by atoms with E-state index in [0.29, 0.717) is 11.7 Å². The Hall–Kier alpha value is -1.16. The van der Waals surface area contributed by atoms with Gasteiger partial charge in [-0.3, -0.25) is 0 Å². The van der Waals surface area contributed by atoms with Crippen LogP contribution in [0.2, 0.25) is 0 Å². The van der Waals surface area contributed by atoms with Crippen molar-refractivity contribution in [2.24, 2.45) is 0 Å². The Bertz CT molecular complexity index is 318. The van der Waals surface area contributed by atoms with E-state index in [2.05, 4.69) is 22.4 Å². The molecule has 2 rings (SSSR count). The van der Waals surface area contributed by atoms with Crippen LogP contribution in [0.4, 0.5) is 5.82 Å². The Morgan fingerprint density at radius 3 is 2.71 bits per heavy atom. The lowest BCUT2D eigenvalue weighted by atomic mass is 9.92. The summed E-state index contributed by atoms with van der Waals surface area (Å²) in [5.41, 5.74) is 7.87. The number of nitrogens with one attached hydrogen (secondary N) is 1. The largest absolute Gasteiger partial charge is 0.382 e. The zero-order chi connectivity index (χ0) is 9.97. The van der Waals surface area contributed by atoms with E-state index in [4.69, 9.17) is 5.73 Å². The highest BCUT2D eigenvalue weighted by Gasteiger charge is 2.18. The molecule has 0 unspecified atom stereocenters. The number of hydrogen-bond acceptors (Lipinski definition) is 4. The zero-order valence-corrected chi connectivity index (χ0v) is 8.45. The molecule has 4 heteroatoms. The van der Waals surface area contributed by atoms with Crippen LogP contribution in [0.5, 0.6) is 0 Å². The highest BCUT2D eigenvalue weighted by atomic mass is 15.1. The first-order valence-corrected chi connectivity index (χ1v) is 5.08. The van der Waals surface area contributed by atoms with Crippen molar-refractivity contribution in [2.45, 2.75) is 25.7 Å². The minimum atomic E-state index is 0.514. The Labute approximate surface area is 83.9 Å². The lowest BCUT2D eigenvalue weighted by Crippen LogP contribution is -2.27. The van der Waals surface area contributed by atoms with E-state index in [9.17, 15) is 0 Å². The average Bonchev–Trinajstić information content (AvgIpc) is 2.19. The maximum atomic E-state index is 5.57. The van der Waals surface area contributed by atoms with Crippen molar-refractivity contribution in [1.82, 2.24) is 15.5 Å². The third-order valence-corrected chi connectivity index (χ3v) is 2.77. The SMILES string of the molecule is Cc1cc(N)nnc1C1CCNCC1. The second-order valence-electron chi connectivity index (χ2n) is 3.86. The summed E-state index contributed by atoms with van der Waals surface area (Å²) in [5, 5.41) is 11.5. The number of rotatable bonds is 1. The van der Waals surface area contributed by atoms with E-state index in [-0.39, 0.29) is 0 Å². The summed E-state index contributed by atoms with van der Waals surface area (Å²) in [6, 6.07) is 1.91. The zero-order valence-electron chi connectivity index (χ0n) is 8.45. The molecule has 2 heterocycles. The van der Waals surface area contributed by atoms with Gasteiger partial charge in [0.05, 0.1) is 5.69 Å². The van der Waals surface area contributed by atoms with Gasteiger partial charge in [0.1, 0.15) is 5.82 Å². The highest BCUT2D eigenvalue weighted by Crippen LogP contribution is 2.25. The van der Waals surface area contributed by atoms with Crippen LogP contribution in [0.1, 0.15) is 30.0 Å². The maximum absolute atomic E-state index is 5.57. The Morgan fingerprint density at radius 2 is 2.07 bits per heavy atom. The summed E-state index contributed by atoms with van der Waals surface area (Å²) in [7, 11) is 0. The fraction of sp³-hybridized carbons (Fsp3) is 0.600. The number of anilines is 1.